The van der Waals surface area contributed by atoms with Crippen LogP contribution in [0, 0.1) is 16.2 Å². The first-order valence-corrected chi connectivity index (χ1v) is 5.08. The molecule has 0 saturated carbocycles. The first-order chi connectivity index (χ1) is 8.59. The molecule has 5 nitrogen and oxygen atoms in total. The summed E-state index contributed by atoms with van der Waals surface area (Å²) in [6.45, 7) is 0. The van der Waals surface area contributed by atoms with Gasteiger partial charge in [0, 0.05) is 23.8 Å². The van der Waals surface area contributed by atoms with E-state index in [1.165, 1.54) is 6.07 Å². The van der Waals surface area contributed by atoms with Gasteiger partial charge in [0.05, 0.1) is 10.5 Å². The zero-order chi connectivity index (χ0) is 13.1. The molecule has 18 heavy (non-hydrogen) atoms. The molecule has 5 heteroatoms. The van der Waals surface area contributed by atoms with Crippen molar-refractivity contribution < 1.29 is 14.8 Å². The normalized spacial score (nSPS) is 10.0. The van der Waals surface area contributed by atoms with Crippen LogP contribution in [-0.4, -0.2) is 16.0 Å². The van der Waals surface area contributed by atoms with E-state index in [-0.39, 0.29) is 16.8 Å². The van der Waals surface area contributed by atoms with Gasteiger partial charge in [0.15, 0.2) is 0 Å². The molecule has 89 valence electrons. The molecule has 1 radical (unpaired) electrons. The highest BCUT2D eigenvalue weighted by molar-refractivity contribution is 5.96. The summed E-state index contributed by atoms with van der Waals surface area (Å²) < 4.78 is 0. The zero-order valence-electron chi connectivity index (χ0n) is 9.16. The van der Waals surface area contributed by atoms with Crippen molar-refractivity contribution in [2.45, 2.75) is 0 Å². The maximum Gasteiger partial charge on any atom is 0.336 e. The lowest BCUT2D eigenvalue weighted by Crippen LogP contribution is -2.01. The number of nitro groups is 1. The summed E-state index contributed by atoms with van der Waals surface area (Å²) in [5.74, 6) is -1.16. The van der Waals surface area contributed by atoms with Crippen molar-refractivity contribution in [3.8, 4) is 11.1 Å². The molecule has 0 aromatic heterocycles. The number of aromatic carboxylic acids is 1. The van der Waals surface area contributed by atoms with Crippen LogP contribution in [0.25, 0.3) is 11.1 Å². The van der Waals surface area contributed by atoms with Crippen LogP contribution in [0.4, 0.5) is 5.69 Å². The summed E-state index contributed by atoms with van der Waals surface area (Å²) in [5.41, 5.74) is 0.637. The minimum absolute atomic E-state index is 0.0770. The maximum atomic E-state index is 11.1. The van der Waals surface area contributed by atoms with Gasteiger partial charge in [-0.2, -0.15) is 0 Å². The predicted molar refractivity (Wildman–Crippen MR) is 64.3 cm³/mol. The fraction of sp³-hybridized carbons (Fsp3) is 0. The lowest BCUT2D eigenvalue weighted by molar-refractivity contribution is -0.384. The Morgan fingerprint density at radius 3 is 2.50 bits per heavy atom. The van der Waals surface area contributed by atoms with Crippen molar-refractivity contribution in [3.05, 3.63) is 64.2 Å². The lowest BCUT2D eigenvalue weighted by Gasteiger charge is -2.05. The summed E-state index contributed by atoms with van der Waals surface area (Å²) in [7, 11) is 0. The maximum absolute atomic E-state index is 11.1. The zero-order valence-corrected chi connectivity index (χ0v) is 9.16. The number of non-ortho nitro benzene ring substituents is 1. The van der Waals surface area contributed by atoms with Crippen LogP contribution < -0.4 is 0 Å². The molecular weight excluding hydrogens is 234 g/mol. The van der Waals surface area contributed by atoms with Crippen molar-refractivity contribution in [2.24, 2.45) is 0 Å². The monoisotopic (exact) mass is 242 g/mol. The third kappa shape index (κ3) is 2.20. The van der Waals surface area contributed by atoms with Crippen LogP contribution in [0.15, 0.2) is 42.5 Å². The summed E-state index contributed by atoms with van der Waals surface area (Å²) in [6.07, 6.45) is 0. The second-order valence-corrected chi connectivity index (χ2v) is 3.57. The van der Waals surface area contributed by atoms with Crippen LogP contribution in [-0.2, 0) is 0 Å². The first kappa shape index (κ1) is 11.8. The predicted octanol–water partition coefficient (Wildman–Crippen LogP) is 2.76. The van der Waals surface area contributed by atoms with Gasteiger partial charge < -0.3 is 5.11 Å². The molecule has 0 heterocycles. The fourth-order valence-corrected chi connectivity index (χ4v) is 1.61. The van der Waals surface area contributed by atoms with Crippen LogP contribution in [0.5, 0.6) is 0 Å². The van der Waals surface area contributed by atoms with E-state index in [0.717, 1.165) is 6.07 Å². The molecule has 0 saturated heterocycles. The fourth-order valence-electron chi connectivity index (χ4n) is 1.61. The van der Waals surface area contributed by atoms with E-state index in [4.69, 9.17) is 5.11 Å². The van der Waals surface area contributed by atoms with Crippen molar-refractivity contribution in [1.82, 2.24) is 0 Å². The van der Waals surface area contributed by atoms with Crippen LogP contribution >= 0.6 is 0 Å². The van der Waals surface area contributed by atoms with Crippen LogP contribution in [0.2, 0.25) is 0 Å². The van der Waals surface area contributed by atoms with E-state index in [9.17, 15) is 14.9 Å². The van der Waals surface area contributed by atoms with Gasteiger partial charge in [-0.15, -0.1) is 0 Å². The van der Waals surface area contributed by atoms with E-state index in [0.29, 0.717) is 5.56 Å². The summed E-state index contributed by atoms with van der Waals surface area (Å²) in [5, 5.41) is 19.8. The largest absolute Gasteiger partial charge is 0.478 e. The molecule has 0 spiro atoms. The highest BCUT2D eigenvalue weighted by Gasteiger charge is 2.16. The Hall–Kier alpha value is -2.69. The van der Waals surface area contributed by atoms with E-state index in [2.05, 4.69) is 6.07 Å². The SMILES string of the molecule is O=C(O)c1[c]cc([N+](=O)[O-])cc1-c1ccccc1. The molecule has 1 N–H and O–H groups in total. The molecule has 2 rings (SSSR count). The smallest absolute Gasteiger partial charge is 0.336 e. The van der Waals surface area contributed by atoms with Gasteiger partial charge in [-0.05, 0) is 5.56 Å². The van der Waals surface area contributed by atoms with Crippen molar-refractivity contribution in [1.29, 1.82) is 0 Å². The number of carboxylic acids is 1. The Balaban J connectivity index is 2.65. The molecule has 2 aromatic rings. The second kappa shape index (κ2) is 4.67. The van der Waals surface area contributed by atoms with E-state index in [1.54, 1.807) is 30.3 Å². The number of hydrogen-bond acceptors (Lipinski definition) is 3. The number of rotatable bonds is 3. The summed E-state index contributed by atoms with van der Waals surface area (Å²) in [4.78, 5) is 21.2. The third-order valence-corrected chi connectivity index (χ3v) is 2.44. The number of carboxylic acid groups (broad SMARTS) is 1. The molecule has 0 aliphatic rings. The average molecular weight is 242 g/mol. The molecule has 2 aromatic carbocycles. The molecule has 0 amide bonds. The van der Waals surface area contributed by atoms with Gasteiger partial charge in [-0.1, -0.05) is 30.3 Å². The first-order valence-electron chi connectivity index (χ1n) is 5.08. The van der Waals surface area contributed by atoms with Gasteiger partial charge in [0.1, 0.15) is 0 Å². The van der Waals surface area contributed by atoms with Crippen LogP contribution in [0.1, 0.15) is 10.4 Å². The Morgan fingerprint density at radius 1 is 1.28 bits per heavy atom. The van der Waals surface area contributed by atoms with Crippen molar-refractivity contribution in [2.75, 3.05) is 0 Å². The summed E-state index contributed by atoms with van der Waals surface area (Å²) in [6, 6.07) is 13.4. The number of carbonyl (C=O) groups is 1. The lowest BCUT2D eigenvalue weighted by atomic mass is 9.99. The van der Waals surface area contributed by atoms with Gasteiger partial charge in [-0.3, -0.25) is 10.1 Å². The Bertz CT molecular complexity index is 608. The molecule has 0 aliphatic heterocycles. The third-order valence-electron chi connectivity index (χ3n) is 2.44. The molecule has 0 unspecified atom stereocenters. The number of hydrogen-bond donors (Lipinski definition) is 1. The standard InChI is InChI=1S/C13H8NO4/c15-13(16)11-7-6-10(14(17)18)8-12(11)9-4-2-1-3-5-9/h1-6,8H,(H,15,16). The van der Waals surface area contributed by atoms with Crippen molar-refractivity contribution in [3.63, 3.8) is 0 Å². The van der Waals surface area contributed by atoms with Crippen molar-refractivity contribution >= 4 is 11.7 Å². The molecular formula is C13H8NO4. The number of nitrogens with zero attached hydrogens (tertiary/aromatic N) is 1. The van der Waals surface area contributed by atoms with E-state index >= 15 is 0 Å². The van der Waals surface area contributed by atoms with Gasteiger partial charge >= 0.3 is 5.97 Å². The summed E-state index contributed by atoms with van der Waals surface area (Å²) >= 11 is 0. The molecule has 0 bridgehead atoms. The Labute approximate surface area is 102 Å². The second-order valence-electron chi connectivity index (χ2n) is 3.57. The topological polar surface area (TPSA) is 80.4 Å². The molecule has 0 fully saturated rings. The highest BCUT2D eigenvalue weighted by atomic mass is 16.6. The number of benzene rings is 2. The van der Waals surface area contributed by atoms with Gasteiger partial charge in [0.2, 0.25) is 0 Å². The molecule has 0 atom stereocenters. The Kier molecular flexibility index (Phi) is 3.05. The minimum atomic E-state index is -1.16. The minimum Gasteiger partial charge on any atom is -0.478 e. The highest BCUT2D eigenvalue weighted by Crippen LogP contribution is 2.27. The van der Waals surface area contributed by atoms with E-state index in [1.807, 2.05) is 0 Å². The average Bonchev–Trinajstić information content (AvgIpc) is 2.39. The van der Waals surface area contributed by atoms with Gasteiger partial charge in [0.25, 0.3) is 5.69 Å². The van der Waals surface area contributed by atoms with Gasteiger partial charge in [-0.25, -0.2) is 4.79 Å². The van der Waals surface area contributed by atoms with Crippen LogP contribution in [0.3, 0.4) is 0 Å². The number of nitro benzene ring substituents is 1. The quantitative estimate of drug-likeness (QED) is 0.662. The Morgan fingerprint density at radius 2 is 1.94 bits per heavy atom. The van der Waals surface area contributed by atoms with E-state index < -0.39 is 10.9 Å². The molecule has 0 aliphatic carbocycles.